The van der Waals surface area contributed by atoms with Gasteiger partial charge in [-0.2, -0.15) is 0 Å². The van der Waals surface area contributed by atoms with Crippen LogP contribution in [0.15, 0.2) is 24.4 Å². The second-order valence-corrected chi connectivity index (χ2v) is 4.43. The SMILES string of the molecule is CCn1ccc2c1C=CC(C)(C)C=C2. The van der Waals surface area contributed by atoms with Crippen molar-refractivity contribution in [3.05, 3.63) is 35.7 Å². The molecule has 0 N–H and O–H groups in total. The van der Waals surface area contributed by atoms with E-state index in [0.29, 0.717) is 0 Å². The number of rotatable bonds is 1. The minimum absolute atomic E-state index is 0.178. The van der Waals surface area contributed by atoms with Crippen molar-refractivity contribution in [2.24, 2.45) is 5.41 Å². The summed E-state index contributed by atoms with van der Waals surface area (Å²) in [6.07, 6.45) is 11.1. The molecule has 0 amide bonds. The van der Waals surface area contributed by atoms with E-state index >= 15 is 0 Å². The van der Waals surface area contributed by atoms with Crippen molar-refractivity contribution >= 4 is 12.2 Å². The van der Waals surface area contributed by atoms with Crippen molar-refractivity contribution in [3.63, 3.8) is 0 Å². The van der Waals surface area contributed by atoms with Crippen LogP contribution in [-0.4, -0.2) is 4.57 Å². The average molecular weight is 187 g/mol. The third kappa shape index (κ3) is 1.54. The fourth-order valence-corrected chi connectivity index (χ4v) is 1.76. The molecule has 0 saturated carbocycles. The Labute approximate surface area is 85.7 Å². The molecule has 0 aliphatic heterocycles. The molecule has 74 valence electrons. The first-order chi connectivity index (χ1) is 6.62. The van der Waals surface area contributed by atoms with Crippen LogP contribution in [0.1, 0.15) is 32.0 Å². The number of aryl methyl sites for hydroxylation is 1. The van der Waals surface area contributed by atoms with Gasteiger partial charge in [0, 0.05) is 23.9 Å². The third-order valence-electron chi connectivity index (χ3n) is 2.74. The Balaban J connectivity index is 2.50. The van der Waals surface area contributed by atoms with Crippen molar-refractivity contribution in [1.82, 2.24) is 4.57 Å². The molecule has 0 fully saturated rings. The number of fused-ring (bicyclic) bond motifs is 1. The second-order valence-electron chi connectivity index (χ2n) is 4.43. The number of nitrogens with zero attached hydrogens (tertiary/aromatic N) is 1. The summed E-state index contributed by atoms with van der Waals surface area (Å²) in [5, 5.41) is 0. The van der Waals surface area contributed by atoms with Crippen LogP contribution in [0.2, 0.25) is 0 Å². The van der Waals surface area contributed by atoms with Crippen LogP contribution in [0.3, 0.4) is 0 Å². The van der Waals surface area contributed by atoms with Crippen molar-refractivity contribution in [2.75, 3.05) is 0 Å². The van der Waals surface area contributed by atoms with Gasteiger partial charge in [0.1, 0.15) is 0 Å². The Bertz CT molecular complexity index is 391. The lowest BCUT2D eigenvalue weighted by Crippen LogP contribution is -2.00. The highest BCUT2D eigenvalue weighted by Crippen LogP contribution is 2.28. The van der Waals surface area contributed by atoms with Crippen molar-refractivity contribution in [2.45, 2.75) is 27.3 Å². The van der Waals surface area contributed by atoms with E-state index in [1.54, 1.807) is 0 Å². The van der Waals surface area contributed by atoms with Crippen LogP contribution >= 0.6 is 0 Å². The summed E-state index contributed by atoms with van der Waals surface area (Å²) in [5.41, 5.74) is 2.83. The fourth-order valence-electron chi connectivity index (χ4n) is 1.76. The van der Waals surface area contributed by atoms with Gasteiger partial charge in [-0.3, -0.25) is 0 Å². The maximum atomic E-state index is 2.28. The van der Waals surface area contributed by atoms with Crippen LogP contribution in [0, 0.1) is 5.41 Å². The summed E-state index contributed by atoms with van der Waals surface area (Å²) in [7, 11) is 0. The van der Waals surface area contributed by atoms with Gasteiger partial charge in [0.15, 0.2) is 0 Å². The minimum Gasteiger partial charge on any atom is -0.348 e. The standard InChI is InChI=1S/C13H17N/c1-4-14-10-7-11-5-8-13(2,3)9-6-12(11)14/h5-10H,4H2,1-3H3. The first-order valence-electron chi connectivity index (χ1n) is 5.20. The Morgan fingerprint density at radius 3 is 2.64 bits per heavy atom. The maximum Gasteiger partial charge on any atom is 0.0477 e. The van der Waals surface area contributed by atoms with Gasteiger partial charge >= 0.3 is 0 Å². The van der Waals surface area contributed by atoms with Crippen LogP contribution in [0.4, 0.5) is 0 Å². The quantitative estimate of drug-likeness (QED) is 0.633. The molecule has 0 bridgehead atoms. The number of hydrogen-bond acceptors (Lipinski definition) is 0. The van der Waals surface area contributed by atoms with Gasteiger partial charge in [0.25, 0.3) is 0 Å². The van der Waals surface area contributed by atoms with E-state index in [-0.39, 0.29) is 5.41 Å². The van der Waals surface area contributed by atoms with Gasteiger partial charge in [0.05, 0.1) is 0 Å². The molecule has 0 radical (unpaired) electrons. The lowest BCUT2D eigenvalue weighted by Gasteiger charge is -2.12. The second kappa shape index (κ2) is 3.16. The van der Waals surface area contributed by atoms with Gasteiger partial charge in [-0.25, -0.2) is 0 Å². The topological polar surface area (TPSA) is 4.93 Å². The van der Waals surface area contributed by atoms with Gasteiger partial charge in [-0.1, -0.05) is 32.1 Å². The van der Waals surface area contributed by atoms with E-state index < -0.39 is 0 Å². The predicted molar refractivity (Wildman–Crippen MR) is 62.0 cm³/mol. The van der Waals surface area contributed by atoms with Gasteiger partial charge in [-0.15, -0.1) is 0 Å². The van der Waals surface area contributed by atoms with Crippen LogP contribution in [0.25, 0.3) is 12.2 Å². The zero-order valence-corrected chi connectivity index (χ0v) is 9.12. The molecule has 1 aliphatic carbocycles. The summed E-state index contributed by atoms with van der Waals surface area (Å²) in [6.45, 7) is 7.66. The first kappa shape index (κ1) is 9.32. The average Bonchev–Trinajstić information content (AvgIpc) is 2.47. The number of allylic oxidation sites excluding steroid dienone is 2. The molecule has 1 aliphatic rings. The zero-order chi connectivity index (χ0) is 10.2. The highest BCUT2D eigenvalue weighted by molar-refractivity contribution is 5.66. The predicted octanol–water partition coefficient (Wildman–Crippen LogP) is 3.57. The Morgan fingerprint density at radius 1 is 1.21 bits per heavy atom. The van der Waals surface area contributed by atoms with E-state index in [2.05, 4.69) is 61.9 Å². The third-order valence-corrected chi connectivity index (χ3v) is 2.74. The summed E-state index contributed by atoms with van der Waals surface area (Å²) in [6, 6.07) is 2.18. The molecule has 2 rings (SSSR count). The lowest BCUT2D eigenvalue weighted by molar-refractivity contribution is 0.633. The zero-order valence-electron chi connectivity index (χ0n) is 9.12. The van der Waals surface area contributed by atoms with E-state index in [0.717, 1.165) is 6.54 Å². The first-order valence-corrected chi connectivity index (χ1v) is 5.20. The van der Waals surface area contributed by atoms with Gasteiger partial charge in [-0.05, 0) is 24.6 Å². The van der Waals surface area contributed by atoms with Gasteiger partial charge in [0.2, 0.25) is 0 Å². The fraction of sp³-hybridized carbons (Fsp3) is 0.385. The highest BCUT2D eigenvalue weighted by Gasteiger charge is 2.13. The molecule has 1 nitrogen and oxygen atoms in total. The molecule has 0 unspecified atom stereocenters. The lowest BCUT2D eigenvalue weighted by atomic mass is 9.93. The molecular formula is C13H17N. The Kier molecular flexibility index (Phi) is 2.10. The minimum atomic E-state index is 0.178. The summed E-state index contributed by atoms with van der Waals surface area (Å²) in [4.78, 5) is 0. The number of aromatic nitrogens is 1. The van der Waals surface area contributed by atoms with Crippen molar-refractivity contribution in [3.8, 4) is 0 Å². The van der Waals surface area contributed by atoms with Crippen molar-refractivity contribution < 1.29 is 0 Å². The molecular weight excluding hydrogens is 170 g/mol. The molecule has 1 heteroatoms. The van der Waals surface area contributed by atoms with Crippen molar-refractivity contribution in [1.29, 1.82) is 0 Å². The van der Waals surface area contributed by atoms with Gasteiger partial charge < -0.3 is 4.57 Å². The van der Waals surface area contributed by atoms with Crippen LogP contribution < -0.4 is 0 Å². The normalized spacial score (nSPS) is 17.9. The molecule has 14 heavy (non-hydrogen) atoms. The monoisotopic (exact) mass is 187 g/mol. The van der Waals surface area contributed by atoms with E-state index in [1.807, 2.05) is 0 Å². The summed E-state index contributed by atoms with van der Waals surface area (Å²) in [5.74, 6) is 0. The Morgan fingerprint density at radius 2 is 1.93 bits per heavy atom. The molecule has 1 aromatic rings. The van der Waals surface area contributed by atoms with E-state index in [1.165, 1.54) is 11.3 Å². The van der Waals surface area contributed by atoms with E-state index in [9.17, 15) is 0 Å². The molecule has 0 spiro atoms. The molecule has 1 heterocycles. The number of hydrogen-bond donors (Lipinski definition) is 0. The molecule has 0 aromatic carbocycles. The largest absolute Gasteiger partial charge is 0.348 e. The molecule has 1 aromatic heterocycles. The highest BCUT2D eigenvalue weighted by atomic mass is 15.0. The van der Waals surface area contributed by atoms with Crippen LogP contribution in [0.5, 0.6) is 0 Å². The Hall–Kier alpha value is -1.24. The van der Waals surface area contributed by atoms with Crippen LogP contribution in [-0.2, 0) is 6.54 Å². The molecule has 0 saturated heterocycles. The maximum absolute atomic E-state index is 2.28. The summed E-state index contributed by atoms with van der Waals surface area (Å²) >= 11 is 0. The summed E-state index contributed by atoms with van der Waals surface area (Å²) < 4.78 is 2.28. The van der Waals surface area contributed by atoms with E-state index in [4.69, 9.17) is 0 Å². The smallest absolute Gasteiger partial charge is 0.0477 e. The molecule has 0 atom stereocenters.